The molecule has 2 rings (SSSR count). The van der Waals surface area contributed by atoms with E-state index in [0.29, 0.717) is 0 Å². The molecule has 0 unspecified atom stereocenters. The molecule has 1 aromatic heterocycles. The average Bonchev–Trinajstić information content (AvgIpc) is 2.55. The van der Waals surface area contributed by atoms with Crippen molar-refractivity contribution in [3.05, 3.63) is 29.8 Å². The van der Waals surface area contributed by atoms with Gasteiger partial charge in [-0.15, -0.1) is 0 Å². The molecule has 0 spiro atoms. The summed E-state index contributed by atoms with van der Waals surface area (Å²) >= 11 is 2.22. The molecule has 0 atom stereocenters. The van der Waals surface area contributed by atoms with Crippen LogP contribution in [0.25, 0.3) is 10.9 Å². The minimum absolute atomic E-state index is 0.981. The van der Waals surface area contributed by atoms with E-state index in [-0.39, 0.29) is 0 Å². The first-order valence-corrected chi connectivity index (χ1v) is 7.12. The number of fused-ring (bicyclic) bond motifs is 1. The fourth-order valence-corrected chi connectivity index (χ4v) is 2.79. The summed E-state index contributed by atoms with van der Waals surface area (Å²) in [6.07, 6.45) is 1.40. The van der Waals surface area contributed by atoms with Gasteiger partial charge in [0.25, 0.3) is 0 Å². The summed E-state index contributed by atoms with van der Waals surface area (Å²) in [6.45, 7) is 0. The number of nitrogens with one attached hydrogen (secondary N) is 2. The van der Waals surface area contributed by atoms with Crippen molar-refractivity contribution in [1.82, 2.24) is 4.98 Å². The van der Waals surface area contributed by atoms with Crippen LogP contribution in [0, 0.1) is 5.41 Å². The fraction of sp³-hybridized carbons (Fsp3) is 0. The van der Waals surface area contributed by atoms with E-state index in [1.165, 1.54) is 6.21 Å². The second kappa shape index (κ2) is 3.71. The minimum atomic E-state index is 0.981. The number of para-hydroxylation sites is 1. The van der Waals surface area contributed by atoms with Crippen LogP contribution in [0.5, 0.6) is 0 Å². The Kier molecular flexibility index (Phi) is 2.59. The van der Waals surface area contributed by atoms with Crippen molar-refractivity contribution in [2.75, 3.05) is 0 Å². The number of halogens is 1. The number of benzene rings is 1. The van der Waals surface area contributed by atoms with Crippen LogP contribution in [-0.4, -0.2) is 11.2 Å². The molecule has 2 N–H and O–H groups in total. The third-order valence-electron chi connectivity index (χ3n) is 1.93. The molecule has 13 heavy (non-hydrogen) atoms. The van der Waals surface area contributed by atoms with Crippen molar-refractivity contribution in [3.8, 4) is 0 Å². The van der Waals surface area contributed by atoms with Gasteiger partial charge in [-0.3, -0.25) is 0 Å². The number of aromatic nitrogens is 1. The quantitative estimate of drug-likeness (QED) is 0.645. The van der Waals surface area contributed by atoms with Gasteiger partial charge in [0.15, 0.2) is 0 Å². The van der Waals surface area contributed by atoms with Gasteiger partial charge < -0.3 is 10.4 Å². The maximum Gasteiger partial charge on any atom is 0.0925 e. The first-order valence-electron chi connectivity index (χ1n) is 3.76. The largest absolute Gasteiger partial charge is 0.349 e. The van der Waals surface area contributed by atoms with Crippen LogP contribution >= 0.6 is 30.1 Å². The first-order chi connectivity index (χ1) is 6.36. The van der Waals surface area contributed by atoms with Gasteiger partial charge in [-0.25, -0.2) is 0 Å². The predicted molar refractivity (Wildman–Crippen MR) is 66.1 cm³/mol. The number of aromatic amines is 1. The van der Waals surface area contributed by atoms with Gasteiger partial charge in [-0.05, 0) is 15.0 Å². The number of hydrogen-bond acceptors (Lipinski definition) is 2. The zero-order valence-corrected chi connectivity index (χ0v) is 9.65. The van der Waals surface area contributed by atoms with Crippen molar-refractivity contribution in [2.24, 2.45) is 0 Å². The number of rotatable bonds is 2. The Morgan fingerprint density at radius 1 is 1.38 bits per heavy atom. The van der Waals surface area contributed by atoms with Crippen LogP contribution in [0.15, 0.2) is 29.3 Å². The SMILES string of the molecule is N=Cc1c(SI)[nH]c2ccccc12. The second-order valence-electron chi connectivity index (χ2n) is 2.63. The summed E-state index contributed by atoms with van der Waals surface area (Å²) in [4.78, 5) is 3.27. The second-order valence-corrected chi connectivity index (χ2v) is 4.52. The maximum absolute atomic E-state index is 7.32. The standard InChI is InChI=1S/C9H7IN2S/c10-13-9-7(5-11)6-3-1-2-4-8(6)12-9/h1-5,11-12H. The van der Waals surface area contributed by atoms with Gasteiger partial charge in [0, 0.05) is 43.9 Å². The molecule has 0 saturated heterocycles. The molecule has 0 saturated carbocycles. The lowest BCUT2D eigenvalue weighted by Crippen LogP contribution is -1.77. The van der Waals surface area contributed by atoms with Gasteiger partial charge in [0.2, 0.25) is 0 Å². The summed E-state index contributed by atoms with van der Waals surface area (Å²) < 4.78 is 0. The molecule has 1 aromatic carbocycles. The summed E-state index contributed by atoms with van der Waals surface area (Å²) in [5, 5.41) is 9.50. The summed E-state index contributed by atoms with van der Waals surface area (Å²) in [6, 6.07) is 8.04. The van der Waals surface area contributed by atoms with Crippen molar-refractivity contribution >= 4 is 47.3 Å². The molecule has 0 aliphatic carbocycles. The van der Waals surface area contributed by atoms with Crippen molar-refractivity contribution in [3.63, 3.8) is 0 Å². The van der Waals surface area contributed by atoms with Crippen LogP contribution in [0.4, 0.5) is 0 Å². The molecule has 1 heterocycles. The Balaban J connectivity index is 2.81. The van der Waals surface area contributed by atoms with E-state index in [0.717, 1.165) is 21.5 Å². The molecular formula is C9H7IN2S. The average molecular weight is 302 g/mol. The van der Waals surface area contributed by atoms with E-state index in [1.54, 1.807) is 8.93 Å². The third-order valence-corrected chi connectivity index (χ3v) is 3.73. The highest BCUT2D eigenvalue weighted by atomic mass is 127. The summed E-state index contributed by atoms with van der Waals surface area (Å²) in [5.74, 6) is 0. The van der Waals surface area contributed by atoms with E-state index >= 15 is 0 Å². The Morgan fingerprint density at radius 2 is 2.15 bits per heavy atom. The number of H-pyrrole nitrogens is 1. The molecule has 0 radical (unpaired) electrons. The van der Waals surface area contributed by atoms with Crippen LogP contribution in [0.1, 0.15) is 5.56 Å². The van der Waals surface area contributed by atoms with Gasteiger partial charge >= 0.3 is 0 Å². The zero-order chi connectivity index (χ0) is 9.26. The van der Waals surface area contributed by atoms with E-state index in [1.807, 2.05) is 24.3 Å². The first kappa shape index (κ1) is 9.08. The molecule has 0 bridgehead atoms. The Hall–Kier alpha value is -0.490. The lowest BCUT2D eigenvalue weighted by atomic mass is 10.2. The lowest BCUT2D eigenvalue weighted by molar-refractivity contribution is 1.24. The van der Waals surface area contributed by atoms with Crippen LogP contribution in [0.2, 0.25) is 0 Å². The lowest BCUT2D eigenvalue weighted by Gasteiger charge is -1.90. The predicted octanol–water partition coefficient (Wildman–Crippen LogP) is 3.61. The van der Waals surface area contributed by atoms with Gasteiger partial charge in [-0.2, -0.15) is 0 Å². The van der Waals surface area contributed by atoms with E-state index in [9.17, 15) is 0 Å². The molecule has 2 aromatic rings. The zero-order valence-electron chi connectivity index (χ0n) is 6.67. The number of hydrogen-bond donors (Lipinski definition) is 2. The van der Waals surface area contributed by atoms with Crippen LogP contribution in [-0.2, 0) is 0 Å². The third kappa shape index (κ3) is 1.48. The molecule has 0 aliphatic rings. The maximum atomic E-state index is 7.32. The Labute approximate surface area is 92.2 Å². The fourth-order valence-electron chi connectivity index (χ4n) is 1.34. The Morgan fingerprint density at radius 3 is 2.85 bits per heavy atom. The summed E-state index contributed by atoms with van der Waals surface area (Å²) in [5.41, 5.74) is 2.08. The van der Waals surface area contributed by atoms with Crippen molar-refractivity contribution < 1.29 is 0 Å². The highest BCUT2D eigenvalue weighted by Crippen LogP contribution is 2.31. The molecule has 0 aliphatic heterocycles. The smallest absolute Gasteiger partial charge is 0.0925 e. The molecule has 2 nitrogen and oxygen atoms in total. The van der Waals surface area contributed by atoms with Crippen LogP contribution < -0.4 is 0 Å². The van der Waals surface area contributed by atoms with Gasteiger partial charge in [0.1, 0.15) is 0 Å². The molecule has 66 valence electrons. The van der Waals surface area contributed by atoms with E-state index < -0.39 is 0 Å². The van der Waals surface area contributed by atoms with Gasteiger partial charge in [0.05, 0.1) is 5.03 Å². The summed E-state index contributed by atoms with van der Waals surface area (Å²) in [7, 11) is 1.61. The Bertz CT molecular complexity index is 450. The minimum Gasteiger partial charge on any atom is -0.349 e. The molecular weight excluding hydrogens is 295 g/mol. The molecule has 0 fully saturated rings. The normalized spacial score (nSPS) is 10.5. The van der Waals surface area contributed by atoms with Crippen molar-refractivity contribution in [2.45, 2.75) is 5.03 Å². The highest BCUT2D eigenvalue weighted by molar-refractivity contribution is 14.2. The molecule has 4 heteroatoms. The van der Waals surface area contributed by atoms with Crippen molar-refractivity contribution in [1.29, 1.82) is 5.41 Å². The molecule has 0 amide bonds. The van der Waals surface area contributed by atoms with Crippen LogP contribution in [0.3, 0.4) is 0 Å². The topological polar surface area (TPSA) is 39.6 Å². The highest BCUT2D eigenvalue weighted by Gasteiger charge is 2.07. The van der Waals surface area contributed by atoms with Gasteiger partial charge in [-0.1, -0.05) is 18.2 Å². The monoisotopic (exact) mass is 302 g/mol. The van der Waals surface area contributed by atoms with E-state index in [2.05, 4.69) is 26.2 Å². The van der Waals surface area contributed by atoms with E-state index in [4.69, 9.17) is 5.41 Å².